The lowest BCUT2D eigenvalue weighted by Gasteiger charge is -2.33. The SMILES string of the molecule is O=C(Nc1ccc2scc(C3=CCN4CCCCC4CC3)c2c1)c1ccc(F)cc1. The van der Waals surface area contributed by atoms with Gasteiger partial charge in [-0.3, -0.25) is 9.69 Å². The molecule has 5 rings (SSSR count). The summed E-state index contributed by atoms with van der Waals surface area (Å²) in [6, 6.07) is 12.4. The summed E-state index contributed by atoms with van der Waals surface area (Å²) < 4.78 is 14.4. The Morgan fingerprint density at radius 1 is 1.10 bits per heavy atom. The normalized spacial score (nSPS) is 19.8. The zero-order chi connectivity index (χ0) is 20.5. The van der Waals surface area contributed by atoms with Crippen LogP contribution < -0.4 is 5.32 Å². The van der Waals surface area contributed by atoms with Crippen molar-refractivity contribution in [1.82, 2.24) is 4.90 Å². The van der Waals surface area contributed by atoms with E-state index >= 15 is 0 Å². The molecule has 1 amide bonds. The molecule has 0 radical (unpaired) electrons. The molecule has 0 spiro atoms. The summed E-state index contributed by atoms with van der Waals surface area (Å²) in [6.45, 7) is 2.26. The van der Waals surface area contributed by atoms with Crippen molar-refractivity contribution in [2.75, 3.05) is 18.4 Å². The maximum Gasteiger partial charge on any atom is 0.255 e. The number of benzene rings is 2. The van der Waals surface area contributed by atoms with E-state index in [0.717, 1.165) is 24.7 Å². The van der Waals surface area contributed by atoms with Crippen molar-refractivity contribution in [3.63, 3.8) is 0 Å². The monoisotopic (exact) mass is 420 g/mol. The second-order valence-electron chi connectivity index (χ2n) is 8.23. The van der Waals surface area contributed by atoms with E-state index in [9.17, 15) is 9.18 Å². The number of amides is 1. The summed E-state index contributed by atoms with van der Waals surface area (Å²) in [5, 5.41) is 6.41. The lowest BCUT2D eigenvalue weighted by atomic mass is 9.95. The minimum absolute atomic E-state index is 0.225. The molecule has 3 nitrogen and oxygen atoms in total. The van der Waals surface area contributed by atoms with Crippen LogP contribution in [0.5, 0.6) is 0 Å². The van der Waals surface area contributed by atoms with E-state index in [2.05, 4.69) is 33.8 Å². The highest BCUT2D eigenvalue weighted by Crippen LogP contribution is 2.37. The molecule has 2 aliphatic rings. The summed E-state index contributed by atoms with van der Waals surface area (Å²) in [5.41, 5.74) is 3.94. The average molecular weight is 421 g/mol. The Hall–Kier alpha value is -2.50. The van der Waals surface area contributed by atoms with Gasteiger partial charge < -0.3 is 5.32 Å². The molecule has 1 N–H and O–H groups in total. The first-order valence-electron chi connectivity index (χ1n) is 10.7. The molecule has 30 heavy (non-hydrogen) atoms. The number of nitrogens with zero attached hydrogens (tertiary/aromatic N) is 1. The maximum absolute atomic E-state index is 13.1. The zero-order valence-electron chi connectivity index (χ0n) is 16.9. The second kappa shape index (κ2) is 8.32. The van der Waals surface area contributed by atoms with Crippen molar-refractivity contribution in [3.05, 3.63) is 70.9 Å². The Kier molecular flexibility index (Phi) is 5.40. The number of fused-ring (bicyclic) bond motifs is 2. The molecule has 1 unspecified atom stereocenters. The predicted molar refractivity (Wildman–Crippen MR) is 123 cm³/mol. The van der Waals surface area contributed by atoms with Crippen molar-refractivity contribution in [1.29, 1.82) is 0 Å². The smallest absolute Gasteiger partial charge is 0.255 e. The topological polar surface area (TPSA) is 32.3 Å². The molecule has 2 aliphatic heterocycles. The highest BCUT2D eigenvalue weighted by atomic mass is 32.1. The Bertz CT molecular complexity index is 1100. The van der Waals surface area contributed by atoms with Crippen LogP contribution in [-0.4, -0.2) is 29.9 Å². The van der Waals surface area contributed by atoms with Gasteiger partial charge in [0.2, 0.25) is 0 Å². The van der Waals surface area contributed by atoms with Crippen LogP contribution in [0, 0.1) is 5.82 Å². The van der Waals surface area contributed by atoms with E-state index in [1.165, 1.54) is 77.7 Å². The van der Waals surface area contributed by atoms with Gasteiger partial charge in [-0.2, -0.15) is 0 Å². The lowest BCUT2D eigenvalue weighted by molar-refractivity contribution is 0.102. The van der Waals surface area contributed by atoms with E-state index in [1.807, 2.05) is 6.07 Å². The van der Waals surface area contributed by atoms with Gasteiger partial charge in [0.25, 0.3) is 5.91 Å². The molecule has 1 atom stereocenters. The quantitative estimate of drug-likeness (QED) is 0.537. The van der Waals surface area contributed by atoms with Gasteiger partial charge in [0.05, 0.1) is 0 Å². The standard InChI is InChI=1S/C25H25FN2OS/c26-19-7-4-18(5-8-19)25(29)27-20-9-11-24-22(15-20)23(16-30-24)17-6-10-21-3-1-2-13-28(21)14-12-17/h4-5,7-9,11-12,15-16,21H,1-3,6,10,13-14H2,(H,27,29). The fourth-order valence-corrected chi connectivity index (χ4v) is 5.65. The first-order valence-corrected chi connectivity index (χ1v) is 11.6. The van der Waals surface area contributed by atoms with E-state index in [1.54, 1.807) is 11.3 Å². The molecule has 1 aromatic heterocycles. The Morgan fingerprint density at radius 3 is 2.83 bits per heavy atom. The number of hydrogen-bond donors (Lipinski definition) is 1. The highest BCUT2D eigenvalue weighted by molar-refractivity contribution is 7.17. The van der Waals surface area contributed by atoms with Crippen LogP contribution in [-0.2, 0) is 0 Å². The number of rotatable bonds is 3. The Morgan fingerprint density at radius 2 is 1.97 bits per heavy atom. The molecular formula is C25H25FN2OS. The fraction of sp³-hybridized carbons (Fsp3) is 0.320. The molecule has 3 heterocycles. The lowest BCUT2D eigenvalue weighted by Crippen LogP contribution is -2.38. The number of hydrogen-bond acceptors (Lipinski definition) is 3. The Labute approximate surface area is 180 Å². The van der Waals surface area contributed by atoms with Crippen LogP contribution in [0.15, 0.2) is 53.9 Å². The number of piperidine rings is 1. The van der Waals surface area contributed by atoms with Crippen LogP contribution >= 0.6 is 11.3 Å². The second-order valence-corrected chi connectivity index (χ2v) is 9.15. The van der Waals surface area contributed by atoms with Crippen molar-refractivity contribution in [2.45, 2.75) is 38.1 Å². The number of carbonyl (C=O) groups is 1. The summed E-state index contributed by atoms with van der Waals surface area (Å²) in [5.74, 6) is -0.569. The Balaban J connectivity index is 1.40. The molecule has 1 fully saturated rings. The minimum atomic E-state index is -0.344. The summed E-state index contributed by atoms with van der Waals surface area (Å²) >= 11 is 1.76. The third-order valence-corrected chi connectivity index (χ3v) is 7.32. The van der Waals surface area contributed by atoms with Gasteiger partial charge in [0.15, 0.2) is 0 Å². The number of carbonyl (C=O) groups excluding carboxylic acids is 1. The van der Waals surface area contributed by atoms with Crippen molar-refractivity contribution in [3.8, 4) is 0 Å². The fourth-order valence-electron chi connectivity index (χ4n) is 4.68. The third-order valence-electron chi connectivity index (χ3n) is 6.35. The average Bonchev–Trinajstić information content (AvgIpc) is 3.06. The molecule has 0 aliphatic carbocycles. The third kappa shape index (κ3) is 3.92. The number of nitrogens with one attached hydrogen (secondary N) is 1. The van der Waals surface area contributed by atoms with Gasteiger partial charge in [-0.25, -0.2) is 4.39 Å². The van der Waals surface area contributed by atoms with E-state index in [-0.39, 0.29) is 11.7 Å². The molecular weight excluding hydrogens is 395 g/mol. The molecule has 154 valence electrons. The van der Waals surface area contributed by atoms with Gasteiger partial charge in [-0.15, -0.1) is 11.3 Å². The number of thiophene rings is 1. The molecule has 1 saturated heterocycles. The van der Waals surface area contributed by atoms with Gasteiger partial charge in [0.1, 0.15) is 5.82 Å². The zero-order valence-corrected chi connectivity index (χ0v) is 17.7. The molecule has 5 heteroatoms. The molecule has 0 saturated carbocycles. The summed E-state index contributed by atoms with van der Waals surface area (Å²) in [6.07, 6.45) is 8.75. The van der Waals surface area contributed by atoms with E-state index in [0.29, 0.717) is 5.56 Å². The van der Waals surface area contributed by atoms with Crippen LogP contribution in [0.25, 0.3) is 15.7 Å². The van der Waals surface area contributed by atoms with Crippen LogP contribution in [0.2, 0.25) is 0 Å². The highest BCUT2D eigenvalue weighted by Gasteiger charge is 2.24. The van der Waals surface area contributed by atoms with Crippen LogP contribution in [0.1, 0.15) is 48.0 Å². The number of halogens is 1. The van der Waals surface area contributed by atoms with Gasteiger partial charge in [-0.1, -0.05) is 12.5 Å². The summed E-state index contributed by atoms with van der Waals surface area (Å²) in [4.78, 5) is 15.2. The van der Waals surface area contributed by atoms with Crippen molar-refractivity contribution < 1.29 is 9.18 Å². The van der Waals surface area contributed by atoms with Crippen LogP contribution in [0.3, 0.4) is 0 Å². The first kappa shape index (κ1) is 19.5. The predicted octanol–water partition coefficient (Wildman–Crippen LogP) is 6.32. The maximum atomic E-state index is 13.1. The van der Waals surface area contributed by atoms with Gasteiger partial charge in [-0.05, 0) is 91.2 Å². The van der Waals surface area contributed by atoms with Crippen molar-refractivity contribution in [2.24, 2.45) is 0 Å². The van der Waals surface area contributed by atoms with Gasteiger partial charge in [0, 0.05) is 33.9 Å². The minimum Gasteiger partial charge on any atom is -0.322 e. The van der Waals surface area contributed by atoms with Gasteiger partial charge >= 0.3 is 0 Å². The molecule has 3 aromatic rings. The number of allylic oxidation sites excluding steroid dienone is 1. The summed E-state index contributed by atoms with van der Waals surface area (Å²) in [7, 11) is 0. The van der Waals surface area contributed by atoms with Crippen molar-refractivity contribution >= 4 is 38.6 Å². The van der Waals surface area contributed by atoms with Crippen LogP contribution in [0.4, 0.5) is 10.1 Å². The first-order chi connectivity index (χ1) is 14.7. The molecule has 0 bridgehead atoms. The number of anilines is 1. The molecule has 2 aromatic carbocycles. The largest absolute Gasteiger partial charge is 0.322 e. The van der Waals surface area contributed by atoms with E-state index < -0.39 is 0 Å². The van der Waals surface area contributed by atoms with E-state index in [4.69, 9.17) is 0 Å².